The maximum atomic E-state index is 14.0. The van der Waals surface area contributed by atoms with Gasteiger partial charge in [-0.25, -0.2) is 9.37 Å². The lowest BCUT2D eigenvalue weighted by Gasteiger charge is -2.19. The molecule has 0 aliphatic heterocycles. The molecule has 3 heterocycles. The van der Waals surface area contributed by atoms with Crippen molar-refractivity contribution < 1.29 is 9.18 Å². The minimum absolute atomic E-state index is 0.356. The summed E-state index contributed by atoms with van der Waals surface area (Å²) < 4.78 is 14.0. The van der Waals surface area contributed by atoms with E-state index < -0.39 is 11.8 Å². The molecule has 0 spiro atoms. The standard InChI is InChI=1S/C25H22FN5O/c26-20-9-5-14-29-22(20)12-15-30-25-19(23(24(27)32)18-8-4-13-28-16-18)10-11-21(31-25)17-6-2-1-3-7-17/h1-11,13-14,16,23H,12,15H2,(H2,27,32)(H,30,31). The number of hydrogen-bond donors (Lipinski definition) is 2. The van der Waals surface area contributed by atoms with Gasteiger partial charge in [-0.05, 0) is 29.8 Å². The van der Waals surface area contributed by atoms with Crippen molar-refractivity contribution in [1.82, 2.24) is 15.0 Å². The third-order valence-corrected chi connectivity index (χ3v) is 5.10. The summed E-state index contributed by atoms with van der Waals surface area (Å²) in [5, 5.41) is 3.26. The summed E-state index contributed by atoms with van der Waals surface area (Å²) in [4.78, 5) is 25.4. The van der Waals surface area contributed by atoms with E-state index >= 15 is 0 Å². The quantitative estimate of drug-likeness (QED) is 0.444. The molecular weight excluding hydrogens is 405 g/mol. The lowest BCUT2D eigenvalue weighted by molar-refractivity contribution is -0.118. The van der Waals surface area contributed by atoms with Crippen LogP contribution in [0.1, 0.15) is 22.7 Å². The zero-order chi connectivity index (χ0) is 22.3. The van der Waals surface area contributed by atoms with Crippen LogP contribution in [0.2, 0.25) is 0 Å². The molecular formula is C25H22FN5O. The monoisotopic (exact) mass is 427 g/mol. The highest BCUT2D eigenvalue weighted by molar-refractivity contribution is 5.87. The Labute approximate surface area is 185 Å². The molecule has 3 aromatic heterocycles. The van der Waals surface area contributed by atoms with Crippen LogP contribution in [0.4, 0.5) is 10.2 Å². The highest BCUT2D eigenvalue weighted by Gasteiger charge is 2.24. The first-order chi connectivity index (χ1) is 15.6. The molecule has 4 rings (SSSR count). The number of pyridine rings is 3. The summed E-state index contributed by atoms with van der Waals surface area (Å²) in [7, 11) is 0. The molecule has 1 amide bonds. The first-order valence-corrected chi connectivity index (χ1v) is 10.2. The molecule has 0 saturated carbocycles. The zero-order valence-corrected chi connectivity index (χ0v) is 17.3. The number of nitrogens with zero attached hydrogens (tertiary/aromatic N) is 3. The number of carbonyl (C=O) groups excluding carboxylic acids is 1. The van der Waals surface area contributed by atoms with Crippen LogP contribution in [0.25, 0.3) is 11.3 Å². The number of rotatable bonds is 8. The maximum Gasteiger partial charge on any atom is 0.229 e. The molecule has 160 valence electrons. The fourth-order valence-corrected chi connectivity index (χ4v) is 3.56. The molecule has 32 heavy (non-hydrogen) atoms. The molecule has 0 aliphatic carbocycles. The number of hydrogen-bond acceptors (Lipinski definition) is 5. The highest BCUT2D eigenvalue weighted by Crippen LogP contribution is 2.31. The third kappa shape index (κ3) is 4.78. The largest absolute Gasteiger partial charge is 0.369 e. The van der Waals surface area contributed by atoms with Crippen LogP contribution in [0.15, 0.2) is 85.3 Å². The Kier molecular flexibility index (Phi) is 6.46. The van der Waals surface area contributed by atoms with Gasteiger partial charge in [0, 0.05) is 42.7 Å². The molecule has 0 fully saturated rings. The van der Waals surface area contributed by atoms with Gasteiger partial charge in [0.2, 0.25) is 5.91 Å². The van der Waals surface area contributed by atoms with Gasteiger partial charge in [-0.1, -0.05) is 42.5 Å². The van der Waals surface area contributed by atoms with Gasteiger partial charge >= 0.3 is 0 Å². The van der Waals surface area contributed by atoms with Crippen molar-refractivity contribution in [2.24, 2.45) is 5.73 Å². The van der Waals surface area contributed by atoms with Gasteiger partial charge in [0.25, 0.3) is 0 Å². The summed E-state index contributed by atoms with van der Waals surface area (Å²) in [6.07, 6.45) is 5.17. The van der Waals surface area contributed by atoms with Gasteiger partial charge in [-0.2, -0.15) is 0 Å². The van der Waals surface area contributed by atoms with Crippen molar-refractivity contribution in [3.05, 3.63) is 108 Å². The molecule has 0 saturated heterocycles. The molecule has 7 heteroatoms. The summed E-state index contributed by atoms with van der Waals surface area (Å²) in [6, 6.07) is 19.9. The first kappa shape index (κ1) is 21.1. The Balaban J connectivity index is 1.70. The molecule has 1 aromatic carbocycles. The van der Waals surface area contributed by atoms with Crippen LogP contribution < -0.4 is 11.1 Å². The van der Waals surface area contributed by atoms with E-state index in [9.17, 15) is 9.18 Å². The summed E-state index contributed by atoms with van der Waals surface area (Å²) in [5.74, 6) is -1.08. The fraction of sp³-hybridized carbons (Fsp3) is 0.120. The van der Waals surface area contributed by atoms with Crippen molar-refractivity contribution in [1.29, 1.82) is 0 Å². The number of primary amides is 1. The highest BCUT2D eigenvalue weighted by atomic mass is 19.1. The summed E-state index contributed by atoms with van der Waals surface area (Å²) in [5.41, 5.74) is 9.13. The van der Waals surface area contributed by atoms with E-state index in [1.165, 1.54) is 6.07 Å². The topological polar surface area (TPSA) is 93.8 Å². The molecule has 1 unspecified atom stereocenters. The van der Waals surface area contributed by atoms with Gasteiger partial charge in [0.1, 0.15) is 11.6 Å². The Bertz CT molecular complexity index is 1200. The number of anilines is 1. The van der Waals surface area contributed by atoms with Gasteiger partial charge < -0.3 is 11.1 Å². The smallest absolute Gasteiger partial charge is 0.229 e. The second kappa shape index (κ2) is 9.78. The SMILES string of the molecule is NC(=O)C(c1cccnc1)c1ccc(-c2ccccc2)nc1NCCc1ncccc1F. The number of nitrogens with two attached hydrogens (primary N) is 1. The van der Waals surface area contributed by atoms with Crippen LogP contribution in [0.5, 0.6) is 0 Å². The van der Waals surface area contributed by atoms with Crippen LogP contribution in [-0.4, -0.2) is 27.4 Å². The van der Waals surface area contributed by atoms with E-state index in [1.807, 2.05) is 42.5 Å². The third-order valence-electron chi connectivity index (χ3n) is 5.10. The molecule has 0 bridgehead atoms. The average Bonchev–Trinajstić information content (AvgIpc) is 2.82. The molecule has 0 aliphatic rings. The van der Waals surface area contributed by atoms with Crippen molar-refractivity contribution in [3.8, 4) is 11.3 Å². The predicted octanol–water partition coefficient (Wildman–Crippen LogP) is 3.95. The van der Waals surface area contributed by atoms with Gasteiger partial charge in [-0.3, -0.25) is 14.8 Å². The van der Waals surface area contributed by atoms with E-state index in [-0.39, 0.29) is 5.82 Å². The van der Waals surface area contributed by atoms with Crippen LogP contribution >= 0.6 is 0 Å². The van der Waals surface area contributed by atoms with E-state index in [2.05, 4.69) is 15.3 Å². The van der Waals surface area contributed by atoms with Crippen molar-refractivity contribution in [3.63, 3.8) is 0 Å². The molecule has 6 nitrogen and oxygen atoms in total. The normalized spacial score (nSPS) is 11.7. The van der Waals surface area contributed by atoms with Gasteiger partial charge in [0.05, 0.1) is 17.3 Å². The molecule has 1 atom stereocenters. The summed E-state index contributed by atoms with van der Waals surface area (Å²) >= 11 is 0. The molecule has 4 aromatic rings. The Morgan fingerprint density at radius 1 is 1.00 bits per heavy atom. The maximum absolute atomic E-state index is 14.0. The average molecular weight is 427 g/mol. The van der Waals surface area contributed by atoms with E-state index in [4.69, 9.17) is 10.7 Å². The fourth-order valence-electron chi connectivity index (χ4n) is 3.56. The minimum atomic E-state index is -0.727. The van der Waals surface area contributed by atoms with Gasteiger partial charge in [-0.15, -0.1) is 0 Å². The Morgan fingerprint density at radius 2 is 1.81 bits per heavy atom. The number of amides is 1. The van der Waals surface area contributed by atoms with Crippen molar-refractivity contribution in [2.45, 2.75) is 12.3 Å². The second-order valence-electron chi connectivity index (χ2n) is 7.23. The van der Waals surface area contributed by atoms with E-state index in [0.29, 0.717) is 35.6 Å². The van der Waals surface area contributed by atoms with E-state index in [1.54, 1.807) is 36.8 Å². The Morgan fingerprint density at radius 3 is 2.53 bits per heavy atom. The number of aromatic nitrogens is 3. The summed E-state index contributed by atoms with van der Waals surface area (Å²) in [6.45, 7) is 0.380. The lowest BCUT2D eigenvalue weighted by Crippen LogP contribution is -2.24. The van der Waals surface area contributed by atoms with E-state index in [0.717, 1.165) is 11.3 Å². The van der Waals surface area contributed by atoms with Crippen molar-refractivity contribution in [2.75, 3.05) is 11.9 Å². The number of halogens is 1. The number of carbonyl (C=O) groups is 1. The second-order valence-corrected chi connectivity index (χ2v) is 7.23. The first-order valence-electron chi connectivity index (χ1n) is 10.2. The molecule has 0 radical (unpaired) electrons. The van der Waals surface area contributed by atoms with Crippen LogP contribution in [0, 0.1) is 5.82 Å². The van der Waals surface area contributed by atoms with Gasteiger partial charge in [0.15, 0.2) is 0 Å². The predicted molar refractivity (Wildman–Crippen MR) is 121 cm³/mol. The van der Waals surface area contributed by atoms with Crippen molar-refractivity contribution >= 4 is 11.7 Å². The lowest BCUT2D eigenvalue weighted by atomic mass is 9.91. The van der Waals surface area contributed by atoms with Crippen LogP contribution in [-0.2, 0) is 11.2 Å². The Hall–Kier alpha value is -4.13. The minimum Gasteiger partial charge on any atom is -0.369 e. The molecule has 3 N–H and O–H groups in total. The number of benzene rings is 1. The number of nitrogens with one attached hydrogen (secondary N) is 1. The zero-order valence-electron chi connectivity index (χ0n) is 17.3. The van der Waals surface area contributed by atoms with Crippen LogP contribution in [0.3, 0.4) is 0 Å².